The minimum absolute atomic E-state index is 0.470. The van der Waals surface area contributed by atoms with Gasteiger partial charge in [-0.25, -0.2) is 9.97 Å². The number of anilines is 2. The molecule has 0 aliphatic carbocycles. The number of fused-ring (bicyclic) bond motifs is 1. The van der Waals surface area contributed by atoms with E-state index in [4.69, 9.17) is 23.2 Å². The van der Waals surface area contributed by atoms with Crippen LogP contribution in [-0.4, -0.2) is 9.97 Å². The molecule has 1 N–H and O–H groups in total. The Balaban J connectivity index is 1.91. The molecule has 0 spiro atoms. The zero-order valence-corrected chi connectivity index (χ0v) is 17.5. The van der Waals surface area contributed by atoms with Crippen molar-refractivity contribution in [2.75, 3.05) is 5.32 Å². The predicted molar refractivity (Wildman–Crippen MR) is 115 cm³/mol. The van der Waals surface area contributed by atoms with Crippen LogP contribution in [0.15, 0.2) is 53.3 Å². The van der Waals surface area contributed by atoms with Crippen LogP contribution >= 0.6 is 50.5 Å². The Bertz CT molecular complexity index is 1110. The number of hydrogen-bond donors (Lipinski definition) is 1. The quantitative estimate of drug-likeness (QED) is 0.341. The number of benzene rings is 2. The van der Waals surface area contributed by atoms with Gasteiger partial charge in [0.1, 0.15) is 17.0 Å². The van der Waals surface area contributed by atoms with Crippen molar-refractivity contribution in [1.29, 1.82) is 0 Å². The maximum absolute atomic E-state index is 6.33. The van der Waals surface area contributed by atoms with E-state index in [9.17, 15) is 0 Å². The Labute approximate surface area is 173 Å². The summed E-state index contributed by atoms with van der Waals surface area (Å²) in [5.74, 6) is 0.710. The Morgan fingerprint density at radius 3 is 2.58 bits per heavy atom. The number of nitrogens with one attached hydrogen (secondary N) is 1. The van der Waals surface area contributed by atoms with Crippen molar-refractivity contribution in [3.05, 3.63) is 68.2 Å². The third-order valence-corrected chi connectivity index (χ3v) is 6.36. The van der Waals surface area contributed by atoms with Crippen molar-refractivity contribution in [3.63, 3.8) is 0 Å². The summed E-state index contributed by atoms with van der Waals surface area (Å²) < 4.78 is 1.04. The molecule has 0 unspecified atom stereocenters. The van der Waals surface area contributed by atoms with E-state index < -0.39 is 0 Å². The molecule has 130 valence electrons. The van der Waals surface area contributed by atoms with Gasteiger partial charge in [-0.05, 0) is 36.8 Å². The third-order valence-electron chi connectivity index (χ3n) is 4.00. The van der Waals surface area contributed by atoms with Gasteiger partial charge in [-0.2, -0.15) is 0 Å². The molecular weight excluding hydrogens is 453 g/mol. The molecule has 0 aliphatic rings. The van der Waals surface area contributed by atoms with Crippen molar-refractivity contribution in [3.8, 4) is 11.1 Å². The molecule has 2 aromatic carbocycles. The summed E-state index contributed by atoms with van der Waals surface area (Å²) in [6.45, 7) is 2.10. The maximum Gasteiger partial charge on any atom is 0.143 e. The van der Waals surface area contributed by atoms with Gasteiger partial charge in [0.05, 0.1) is 21.1 Å². The molecule has 0 saturated heterocycles. The smallest absolute Gasteiger partial charge is 0.143 e. The second kappa shape index (κ2) is 7.16. The molecule has 0 bridgehead atoms. The van der Waals surface area contributed by atoms with Crippen LogP contribution in [0.1, 0.15) is 4.88 Å². The Kier molecular flexibility index (Phi) is 4.88. The van der Waals surface area contributed by atoms with Gasteiger partial charge in [-0.3, -0.25) is 0 Å². The fourth-order valence-corrected chi connectivity index (χ4v) is 4.46. The van der Waals surface area contributed by atoms with Gasteiger partial charge in [0.2, 0.25) is 0 Å². The molecule has 4 rings (SSSR count). The summed E-state index contributed by atoms with van der Waals surface area (Å²) in [4.78, 5) is 11.0. The molecule has 26 heavy (non-hydrogen) atoms. The van der Waals surface area contributed by atoms with Gasteiger partial charge in [0, 0.05) is 14.9 Å². The average molecular weight is 465 g/mol. The van der Waals surface area contributed by atoms with Crippen molar-refractivity contribution >= 4 is 72.2 Å². The van der Waals surface area contributed by atoms with Crippen LogP contribution in [0, 0.1) is 6.92 Å². The molecule has 4 aromatic rings. The highest BCUT2D eigenvalue weighted by Crippen LogP contribution is 2.42. The second-order valence-electron chi connectivity index (χ2n) is 5.67. The van der Waals surface area contributed by atoms with E-state index in [1.165, 1.54) is 4.88 Å². The van der Waals surface area contributed by atoms with Gasteiger partial charge in [-0.15, -0.1) is 11.3 Å². The van der Waals surface area contributed by atoms with E-state index in [0.717, 1.165) is 25.8 Å². The van der Waals surface area contributed by atoms with Gasteiger partial charge in [0.25, 0.3) is 0 Å². The lowest BCUT2D eigenvalue weighted by Crippen LogP contribution is -1.96. The fraction of sp³-hybridized carbons (Fsp3) is 0.0526. The van der Waals surface area contributed by atoms with Gasteiger partial charge < -0.3 is 5.32 Å². The average Bonchev–Trinajstić information content (AvgIpc) is 2.97. The standard InChI is InChI=1S/C19H12BrCl2N3S/c1-10-15(11-5-7-12(20)8-6-11)16-18(23-9-24-19(16)26-10)25-14-4-2-3-13(21)17(14)22/h2-9H,1H3,(H,23,24,25). The van der Waals surface area contributed by atoms with Crippen LogP contribution in [0.2, 0.25) is 10.0 Å². The molecule has 0 saturated carbocycles. The van der Waals surface area contributed by atoms with E-state index >= 15 is 0 Å². The lowest BCUT2D eigenvalue weighted by Gasteiger charge is -2.11. The number of thiophene rings is 1. The zero-order chi connectivity index (χ0) is 18.3. The molecule has 0 amide bonds. The molecule has 2 heterocycles. The summed E-state index contributed by atoms with van der Waals surface area (Å²) in [6, 6.07) is 13.7. The van der Waals surface area contributed by atoms with Crippen molar-refractivity contribution < 1.29 is 0 Å². The molecule has 3 nitrogen and oxygen atoms in total. The first-order valence-corrected chi connectivity index (χ1v) is 10.1. The Morgan fingerprint density at radius 1 is 1.04 bits per heavy atom. The van der Waals surface area contributed by atoms with Crippen LogP contribution in [-0.2, 0) is 0 Å². The highest BCUT2D eigenvalue weighted by molar-refractivity contribution is 9.10. The summed E-state index contributed by atoms with van der Waals surface area (Å²) in [7, 11) is 0. The first-order valence-electron chi connectivity index (χ1n) is 7.75. The minimum atomic E-state index is 0.470. The normalized spacial score (nSPS) is 11.1. The van der Waals surface area contributed by atoms with Crippen LogP contribution in [0.25, 0.3) is 21.3 Å². The van der Waals surface area contributed by atoms with Crippen molar-refractivity contribution in [2.24, 2.45) is 0 Å². The molecule has 2 aromatic heterocycles. The van der Waals surface area contributed by atoms with E-state index in [1.54, 1.807) is 23.7 Å². The number of hydrogen-bond acceptors (Lipinski definition) is 4. The van der Waals surface area contributed by atoms with Crippen molar-refractivity contribution in [1.82, 2.24) is 9.97 Å². The first-order chi connectivity index (χ1) is 12.5. The molecule has 0 atom stereocenters. The molecule has 7 heteroatoms. The topological polar surface area (TPSA) is 37.8 Å². The zero-order valence-electron chi connectivity index (χ0n) is 13.6. The molecule has 0 radical (unpaired) electrons. The summed E-state index contributed by atoms with van der Waals surface area (Å²) >= 11 is 17.6. The van der Waals surface area contributed by atoms with E-state index in [-0.39, 0.29) is 0 Å². The first kappa shape index (κ1) is 17.7. The minimum Gasteiger partial charge on any atom is -0.338 e. The fourth-order valence-electron chi connectivity index (χ4n) is 2.83. The lowest BCUT2D eigenvalue weighted by atomic mass is 10.0. The maximum atomic E-state index is 6.33. The van der Waals surface area contributed by atoms with E-state index in [2.05, 4.69) is 50.3 Å². The highest BCUT2D eigenvalue weighted by Gasteiger charge is 2.17. The van der Waals surface area contributed by atoms with Crippen molar-refractivity contribution in [2.45, 2.75) is 6.92 Å². The number of aromatic nitrogens is 2. The highest BCUT2D eigenvalue weighted by atomic mass is 79.9. The largest absolute Gasteiger partial charge is 0.338 e. The summed E-state index contributed by atoms with van der Waals surface area (Å²) in [5.41, 5.74) is 2.95. The van der Waals surface area contributed by atoms with Gasteiger partial charge in [-0.1, -0.05) is 57.3 Å². The monoisotopic (exact) mass is 463 g/mol. The van der Waals surface area contributed by atoms with E-state index in [0.29, 0.717) is 21.6 Å². The summed E-state index contributed by atoms with van der Waals surface area (Å²) in [6.07, 6.45) is 1.56. The number of halogens is 3. The van der Waals surface area contributed by atoms with E-state index in [1.807, 2.05) is 24.3 Å². The third kappa shape index (κ3) is 3.21. The summed E-state index contributed by atoms with van der Waals surface area (Å²) in [5, 5.41) is 5.27. The van der Waals surface area contributed by atoms with Crippen LogP contribution in [0.4, 0.5) is 11.5 Å². The Hall–Kier alpha value is -1.66. The Morgan fingerprint density at radius 2 is 1.81 bits per heavy atom. The molecular formula is C19H12BrCl2N3S. The number of nitrogens with zero attached hydrogens (tertiary/aromatic N) is 2. The number of rotatable bonds is 3. The SMILES string of the molecule is Cc1sc2ncnc(Nc3cccc(Cl)c3Cl)c2c1-c1ccc(Br)cc1. The molecule has 0 aliphatic heterocycles. The lowest BCUT2D eigenvalue weighted by molar-refractivity contribution is 1.23. The van der Waals surface area contributed by atoms with Crippen LogP contribution in [0.3, 0.4) is 0 Å². The van der Waals surface area contributed by atoms with Crippen LogP contribution < -0.4 is 5.32 Å². The van der Waals surface area contributed by atoms with Crippen LogP contribution in [0.5, 0.6) is 0 Å². The molecule has 0 fully saturated rings. The number of aryl methyl sites for hydroxylation is 1. The predicted octanol–water partition coefficient (Wildman–Crippen LogP) is 7.48. The van der Waals surface area contributed by atoms with Gasteiger partial charge in [0.15, 0.2) is 0 Å². The second-order valence-corrected chi connectivity index (χ2v) is 8.57. The van der Waals surface area contributed by atoms with Gasteiger partial charge >= 0.3 is 0 Å².